The van der Waals surface area contributed by atoms with E-state index in [2.05, 4.69) is 15.1 Å². The topological polar surface area (TPSA) is 118 Å². The average Bonchev–Trinajstić information content (AvgIpc) is 3.21. The Balaban J connectivity index is 1.56. The molecule has 0 aliphatic heterocycles. The molecule has 0 spiro atoms. The Hall–Kier alpha value is -4.20. The molecule has 4 aromatic rings. The normalized spacial score (nSPS) is 13.1. The number of anilines is 1. The van der Waals surface area contributed by atoms with Crippen LogP contribution in [0.2, 0.25) is 0 Å². The van der Waals surface area contributed by atoms with Gasteiger partial charge >= 0.3 is 6.18 Å². The van der Waals surface area contributed by atoms with E-state index >= 15 is 4.39 Å². The molecule has 1 amide bonds. The molecule has 3 aromatic heterocycles. The number of alkyl halides is 5. The number of carbonyl (C=O) groups is 1. The zero-order valence-electron chi connectivity index (χ0n) is 18.9. The summed E-state index contributed by atoms with van der Waals surface area (Å²) < 4.78 is 84.5. The maximum Gasteiger partial charge on any atom is 0.433 e. The minimum Gasteiger partial charge on any atom is -0.382 e. The van der Waals surface area contributed by atoms with Crippen LogP contribution in [0.25, 0.3) is 16.8 Å². The number of carbonyl (C=O) groups excluding carboxylic acids is 1. The molecule has 0 fully saturated rings. The molecule has 0 radical (unpaired) electrons. The van der Waals surface area contributed by atoms with E-state index in [-0.39, 0.29) is 23.1 Å². The lowest BCUT2D eigenvalue weighted by Crippen LogP contribution is -2.41. The van der Waals surface area contributed by atoms with Gasteiger partial charge in [-0.25, -0.2) is 17.7 Å². The first-order chi connectivity index (χ1) is 17.3. The highest BCUT2D eigenvalue weighted by Crippen LogP contribution is 2.34. The molecule has 4 rings (SSSR count). The number of nitrogen functional groups attached to an aromatic ring is 1. The number of fused-ring (bicyclic) bond motifs is 1. The Kier molecular flexibility index (Phi) is 6.54. The SMILES string of the molecule is Cc1ccc(-c2ccn3nc(N)nc3c2)c(F)c1C(=O)NCC(F)(F)C(O)c1ccnc(C(F)(F)F)c1. The van der Waals surface area contributed by atoms with Crippen LogP contribution >= 0.6 is 0 Å². The second kappa shape index (κ2) is 9.35. The number of aromatic nitrogens is 4. The summed E-state index contributed by atoms with van der Waals surface area (Å²) in [5, 5.41) is 15.8. The largest absolute Gasteiger partial charge is 0.433 e. The van der Waals surface area contributed by atoms with Crippen LogP contribution in [0.15, 0.2) is 48.8 Å². The van der Waals surface area contributed by atoms with Crippen LogP contribution in [-0.2, 0) is 6.18 Å². The average molecular weight is 524 g/mol. The maximum absolute atomic E-state index is 15.4. The van der Waals surface area contributed by atoms with E-state index in [4.69, 9.17) is 5.73 Å². The number of aryl methyl sites for hydroxylation is 1. The van der Waals surface area contributed by atoms with Crippen molar-refractivity contribution in [2.75, 3.05) is 12.3 Å². The van der Waals surface area contributed by atoms with E-state index in [1.807, 2.05) is 5.32 Å². The number of pyridine rings is 2. The van der Waals surface area contributed by atoms with E-state index in [0.717, 1.165) is 6.07 Å². The van der Waals surface area contributed by atoms with Gasteiger partial charge in [-0.15, -0.1) is 5.10 Å². The minimum absolute atomic E-state index is 0.00823. The third-order valence-electron chi connectivity index (χ3n) is 5.52. The van der Waals surface area contributed by atoms with E-state index in [1.54, 1.807) is 0 Å². The van der Waals surface area contributed by atoms with Crippen LogP contribution in [0.5, 0.6) is 0 Å². The molecule has 0 saturated heterocycles. The molecule has 3 heterocycles. The molecule has 37 heavy (non-hydrogen) atoms. The molecule has 4 N–H and O–H groups in total. The number of hydrogen-bond donors (Lipinski definition) is 3. The van der Waals surface area contributed by atoms with Gasteiger partial charge in [-0.05, 0) is 47.9 Å². The summed E-state index contributed by atoms with van der Waals surface area (Å²) in [6, 6.07) is 6.85. The highest BCUT2D eigenvalue weighted by Gasteiger charge is 2.41. The summed E-state index contributed by atoms with van der Waals surface area (Å²) in [5.41, 5.74) is 3.53. The van der Waals surface area contributed by atoms with Gasteiger partial charge in [0.25, 0.3) is 11.8 Å². The summed E-state index contributed by atoms with van der Waals surface area (Å²) in [6.45, 7) is -0.0857. The highest BCUT2D eigenvalue weighted by atomic mass is 19.4. The fraction of sp³-hybridized carbons (Fsp3) is 0.217. The van der Waals surface area contributed by atoms with Crippen LogP contribution < -0.4 is 11.1 Å². The van der Waals surface area contributed by atoms with Crippen molar-refractivity contribution in [2.24, 2.45) is 0 Å². The smallest absolute Gasteiger partial charge is 0.382 e. The molecule has 1 unspecified atom stereocenters. The molecule has 8 nitrogen and oxygen atoms in total. The quantitative estimate of drug-likeness (QED) is 0.329. The standard InChI is InChI=1S/C23H18F6N6O2/c1-11-2-3-14(12-5-7-35-16(9-12)33-21(30)34-35)18(24)17(11)20(37)32-10-22(25,26)19(36)13-4-6-31-15(8-13)23(27,28)29/h2-9,19,36H,10H2,1H3,(H2,30,34)(H,32,37). The van der Waals surface area contributed by atoms with Crippen molar-refractivity contribution in [3.8, 4) is 11.1 Å². The second-order valence-corrected chi connectivity index (χ2v) is 8.13. The molecule has 1 atom stereocenters. The number of nitrogens with two attached hydrogens (primary N) is 1. The molecular formula is C23H18F6N6O2. The van der Waals surface area contributed by atoms with Crippen LogP contribution in [-0.4, -0.2) is 43.1 Å². The molecule has 194 valence electrons. The molecule has 0 saturated carbocycles. The predicted octanol–water partition coefficient (Wildman–Crippen LogP) is 3.94. The first kappa shape index (κ1) is 25.9. The number of benzene rings is 1. The lowest BCUT2D eigenvalue weighted by Gasteiger charge is -2.24. The maximum atomic E-state index is 15.4. The Morgan fingerprint density at radius 1 is 1.16 bits per heavy atom. The highest BCUT2D eigenvalue weighted by molar-refractivity contribution is 5.97. The van der Waals surface area contributed by atoms with Gasteiger partial charge in [-0.1, -0.05) is 12.1 Å². The van der Waals surface area contributed by atoms with Crippen molar-refractivity contribution in [3.05, 3.63) is 77.0 Å². The van der Waals surface area contributed by atoms with Gasteiger partial charge in [-0.2, -0.15) is 18.2 Å². The number of rotatable bonds is 6. The summed E-state index contributed by atoms with van der Waals surface area (Å²) in [4.78, 5) is 19.7. The van der Waals surface area contributed by atoms with Crippen molar-refractivity contribution in [1.29, 1.82) is 0 Å². The molecule has 1 aromatic carbocycles. The Bertz CT molecular complexity index is 1490. The van der Waals surface area contributed by atoms with E-state index in [9.17, 15) is 31.9 Å². The van der Waals surface area contributed by atoms with E-state index in [1.165, 1.54) is 41.9 Å². The minimum atomic E-state index is -4.91. The molecule has 0 aliphatic rings. The van der Waals surface area contributed by atoms with Gasteiger partial charge in [0.15, 0.2) is 5.65 Å². The first-order valence-corrected chi connectivity index (χ1v) is 10.6. The zero-order valence-corrected chi connectivity index (χ0v) is 18.9. The monoisotopic (exact) mass is 524 g/mol. The molecular weight excluding hydrogens is 506 g/mol. The van der Waals surface area contributed by atoms with Crippen LogP contribution in [0.1, 0.15) is 33.3 Å². The summed E-state index contributed by atoms with van der Waals surface area (Å²) in [7, 11) is 0. The van der Waals surface area contributed by atoms with Crippen molar-refractivity contribution in [1.82, 2.24) is 24.9 Å². The van der Waals surface area contributed by atoms with Gasteiger partial charge in [0, 0.05) is 18.0 Å². The Morgan fingerprint density at radius 3 is 2.59 bits per heavy atom. The number of aliphatic hydroxyl groups is 1. The van der Waals surface area contributed by atoms with Crippen molar-refractivity contribution in [3.63, 3.8) is 0 Å². The molecule has 14 heteroatoms. The van der Waals surface area contributed by atoms with Crippen LogP contribution in [0.4, 0.5) is 32.3 Å². The first-order valence-electron chi connectivity index (χ1n) is 10.6. The third-order valence-corrected chi connectivity index (χ3v) is 5.52. The van der Waals surface area contributed by atoms with Gasteiger partial charge in [-0.3, -0.25) is 9.78 Å². The number of halogens is 6. The Morgan fingerprint density at radius 2 is 1.89 bits per heavy atom. The zero-order chi connectivity index (χ0) is 27.1. The fourth-order valence-electron chi connectivity index (χ4n) is 3.64. The number of aliphatic hydroxyl groups excluding tert-OH is 1. The van der Waals surface area contributed by atoms with Crippen molar-refractivity contribution >= 4 is 17.5 Å². The van der Waals surface area contributed by atoms with Gasteiger partial charge in [0.2, 0.25) is 5.95 Å². The number of hydrogen-bond acceptors (Lipinski definition) is 6. The van der Waals surface area contributed by atoms with Gasteiger partial charge in [0.05, 0.1) is 12.1 Å². The van der Waals surface area contributed by atoms with Crippen molar-refractivity contribution in [2.45, 2.75) is 25.1 Å². The Labute approximate surface area is 204 Å². The summed E-state index contributed by atoms with van der Waals surface area (Å²) in [5.74, 6) is -6.31. The molecule has 0 bridgehead atoms. The fourth-order valence-corrected chi connectivity index (χ4v) is 3.64. The number of nitrogens with zero attached hydrogens (tertiary/aromatic N) is 4. The van der Waals surface area contributed by atoms with E-state index < -0.39 is 53.3 Å². The summed E-state index contributed by atoms with van der Waals surface area (Å²) >= 11 is 0. The van der Waals surface area contributed by atoms with Crippen molar-refractivity contribution < 1.29 is 36.2 Å². The lowest BCUT2D eigenvalue weighted by molar-refractivity contribution is -0.141. The third kappa shape index (κ3) is 5.18. The second-order valence-electron chi connectivity index (χ2n) is 8.13. The predicted molar refractivity (Wildman–Crippen MR) is 119 cm³/mol. The summed E-state index contributed by atoms with van der Waals surface area (Å²) in [6.07, 6.45) is -5.51. The lowest BCUT2D eigenvalue weighted by atomic mass is 9.98. The number of amides is 1. The molecule has 0 aliphatic carbocycles. The van der Waals surface area contributed by atoms with E-state index in [0.29, 0.717) is 17.4 Å². The number of nitrogens with one attached hydrogen (secondary N) is 1. The van der Waals surface area contributed by atoms with Crippen LogP contribution in [0, 0.1) is 12.7 Å². The van der Waals surface area contributed by atoms with Gasteiger partial charge < -0.3 is 16.2 Å². The van der Waals surface area contributed by atoms with Crippen LogP contribution in [0.3, 0.4) is 0 Å². The van der Waals surface area contributed by atoms with Gasteiger partial charge in [0.1, 0.15) is 17.6 Å².